The summed E-state index contributed by atoms with van der Waals surface area (Å²) in [6, 6.07) is 9.46. The van der Waals surface area contributed by atoms with Gasteiger partial charge in [-0.05, 0) is 41.0 Å². The Hall–Kier alpha value is -2.23. The van der Waals surface area contributed by atoms with Crippen molar-refractivity contribution in [3.05, 3.63) is 59.7 Å². The van der Waals surface area contributed by atoms with Gasteiger partial charge in [0.05, 0.1) is 6.42 Å². The summed E-state index contributed by atoms with van der Waals surface area (Å²) < 4.78 is 26.4. The molecule has 0 saturated heterocycles. The summed E-state index contributed by atoms with van der Waals surface area (Å²) in [6.07, 6.45) is -0.230. The highest BCUT2D eigenvalue weighted by Gasteiger charge is 2.10. The van der Waals surface area contributed by atoms with Crippen LogP contribution in [0.5, 0.6) is 0 Å². The molecule has 0 saturated carbocycles. The summed E-state index contributed by atoms with van der Waals surface area (Å²) in [5.41, 5.74) is 1.32. The normalized spacial score (nSPS) is 10.3. The van der Waals surface area contributed by atoms with E-state index in [9.17, 15) is 13.6 Å². The second kappa shape index (κ2) is 4.96. The summed E-state index contributed by atoms with van der Waals surface area (Å²) in [5.74, 6) is -1.94. The molecule has 0 atom stereocenters. The number of hydrogen-bond acceptors (Lipinski definition) is 1. The number of benzene rings is 2. The van der Waals surface area contributed by atoms with Crippen LogP contribution in [0.25, 0.3) is 11.1 Å². The third-order valence-corrected chi connectivity index (χ3v) is 2.55. The maximum atomic E-state index is 13.2. The first-order chi connectivity index (χ1) is 8.56. The first-order valence-electron chi connectivity index (χ1n) is 5.32. The largest absolute Gasteiger partial charge is 0.481 e. The Kier molecular flexibility index (Phi) is 3.37. The molecule has 0 radical (unpaired) electrons. The van der Waals surface area contributed by atoms with E-state index >= 15 is 0 Å². The Labute approximate surface area is 103 Å². The average molecular weight is 248 g/mol. The van der Waals surface area contributed by atoms with Crippen LogP contribution in [0.3, 0.4) is 0 Å². The van der Waals surface area contributed by atoms with Crippen LogP contribution in [-0.4, -0.2) is 11.1 Å². The Morgan fingerprint density at radius 1 is 1.06 bits per heavy atom. The summed E-state index contributed by atoms with van der Waals surface area (Å²) in [6.45, 7) is 0. The fourth-order valence-corrected chi connectivity index (χ4v) is 1.79. The number of hydrogen-bond donors (Lipinski definition) is 1. The van der Waals surface area contributed by atoms with E-state index in [1.165, 1.54) is 36.4 Å². The van der Waals surface area contributed by atoms with E-state index in [-0.39, 0.29) is 6.42 Å². The van der Waals surface area contributed by atoms with Gasteiger partial charge in [-0.15, -0.1) is 0 Å². The lowest BCUT2D eigenvalue weighted by Gasteiger charge is -2.08. The van der Waals surface area contributed by atoms with Gasteiger partial charge in [0.1, 0.15) is 11.6 Å². The number of rotatable bonds is 3. The topological polar surface area (TPSA) is 37.3 Å². The second-order valence-electron chi connectivity index (χ2n) is 3.88. The molecule has 2 aromatic rings. The number of carbonyl (C=O) groups is 1. The van der Waals surface area contributed by atoms with E-state index in [2.05, 4.69) is 0 Å². The lowest BCUT2D eigenvalue weighted by molar-refractivity contribution is -0.136. The van der Waals surface area contributed by atoms with Crippen molar-refractivity contribution >= 4 is 5.97 Å². The van der Waals surface area contributed by atoms with E-state index in [0.29, 0.717) is 16.7 Å². The van der Waals surface area contributed by atoms with Gasteiger partial charge >= 0.3 is 5.97 Å². The molecule has 0 amide bonds. The molecule has 0 unspecified atom stereocenters. The van der Waals surface area contributed by atoms with Gasteiger partial charge in [0.2, 0.25) is 0 Å². The molecule has 2 nitrogen and oxygen atoms in total. The maximum Gasteiger partial charge on any atom is 0.307 e. The highest BCUT2D eigenvalue weighted by Crippen LogP contribution is 2.25. The molecule has 0 heterocycles. The van der Waals surface area contributed by atoms with Gasteiger partial charge in [0, 0.05) is 0 Å². The van der Waals surface area contributed by atoms with E-state index < -0.39 is 17.6 Å². The molecule has 2 rings (SSSR count). The van der Waals surface area contributed by atoms with Crippen molar-refractivity contribution in [3.8, 4) is 11.1 Å². The molecule has 2 aromatic carbocycles. The number of aliphatic carboxylic acids is 1. The number of halogens is 2. The number of carboxylic acid groups (broad SMARTS) is 1. The maximum absolute atomic E-state index is 13.2. The third kappa shape index (κ3) is 2.71. The molecule has 18 heavy (non-hydrogen) atoms. The fraction of sp³-hybridized carbons (Fsp3) is 0.0714. The summed E-state index contributed by atoms with van der Waals surface area (Å²) in [5, 5.41) is 8.79. The van der Waals surface area contributed by atoms with Gasteiger partial charge in [0.25, 0.3) is 0 Å². The Morgan fingerprint density at radius 2 is 1.78 bits per heavy atom. The first kappa shape index (κ1) is 12.2. The Morgan fingerprint density at radius 3 is 2.44 bits per heavy atom. The standard InChI is InChI=1S/C14H10F2O2/c15-11-3-1-2-9(6-11)13-8-12(16)5-4-10(13)7-14(17)18/h1-6,8H,7H2,(H,17,18). The minimum absolute atomic E-state index is 0.230. The van der Waals surface area contributed by atoms with Crippen LogP contribution in [0.15, 0.2) is 42.5 Å². The zero-order chi connectivity index (χ0) is 13.1. The quantitative estimate of drug-likeness (QED) is 0.905. The van der Waals surface area contributed by atoms with Crippen LogP contribution >= 0.6 is 0 Å². The molecule has 0 aromatic heterocycles. The molecule has 4 heteroatoms. The molecule has 92 valence electrons. The fourth-order valence-electron chi connectivity index (χ4n) is 1.79. The predicted octanol–water partition coefficient (Wildman–Crippen LogP) is 3.26. The van der Waals surface area contributed by atoms with Gasteiger partial charge in [-0.25, -0.2) is 8.78 Å². The van der Waals surface area contributed by atoms with Crippen molar-refractivity contribution < 1.29 is 18.7 Å². The van der Waals surface area contributed by atoms with Crippen molar-refractivity contribution in [2.75, 3.05) is 0 Å². The van der Waals surface area contributed by atoms with Gasteiger partial charge < -0.3 is 5.11 Å². The summed E-state index contributed by atoms with van der Waals surface area (Å²) in [7, 11) is 0. The van der Waals surface area contributed by atoms with E-state index in [1.54, 1.807) is 6.07 Å². The van der Waals surface area contributed by atoms with E-state index in [4.69, 9.17) is 5.11 Å². The van der Waals surface area contributed by atoms with Gasteiger partial charge in [-0.2, -0.15) is 0 Å². The van der Waals surface area contributed by atoms with Crippen molar-refractivity contribution in [3.63, 3.8) is 0 Å². The van der Waals surface area contributed by atoms with Crippen molar-refractivity contribution in [2.45, 2.75) is 6.42 Å². The van der Waals surface area contributed by atoms with E-state index in [0.717, 1.165) is 0 Å². The minimum atomic E-state index is -1.01. The molecule has 0 aliphatic heterocycles. The molecule has 0 aliphatic carbocycles. The molecule has 0 aliphatic rings. The monoisotopic (exact) mass is 248 g/mol. The van der Waals surface area contributed by atoms with Gasteiger partial charge in [-0.1, -0.05) is 18.2 Å². The highest BCUT2D eigenvalue weighted by atomic mass is 19.1. The predicted molar refractivity (Wildman–Crippen MR) is 63.1 cm³/mol. The molecule has 0 spiro atoms. The minimum Gasteiger partial charge on any atom is -0.481 e. The molecular weight excluding hydrogens is 238 g/mol. The van der Waals surface area contributed by atoms with Gasteiger partial charge in [0.15, 0.2) is 0 Å². The van der Waals surface area contributed by atoms with Crippen LogP contribution in [0.4, 0.5) is 8.78 Å². The zero-order valence-corrected chi connectivity index (χ0v) is 9.36. The summed E-state index contributed by atoms with van der Waals surface area (Å²) in [4.78, 5) is 10.7. The van der Waals surface area contributed by atoms with Crippen molar-refractivity contribution in [2.24, 2.45) is 0 Å². The second-order valence-corrected chi connectivity index (χ2v) is 3.88. The third-order valence-electron chi connectivity index (χ3n) is 2.55. The van der Waals surface area contributed by atoms with Crippen LogP contribution in [0.1, 0.15) is 5.56 Å². The zero-order valence-electron chi connectivity index (χ0n) is 9.36. The molecule has 1 N–H and O–H groups in total. The Bertz CT molecular complexity index is 594. The van der Waals surface area contributed by atoms with Crippen LogP contribution < -0.4 is 0 Å². The van der Waals surface area contributed by atoms with Crippen LogP contribution in [0, 0.1) is 11.6 Å². The molecular formula is C14H10F2O2. The Balaban J connectivity index is 2.54. The van der Waals surface area contributed by atoms with Gasteiger partial charge in [-0.3, -0.25) is 4.79 Å². The highest BCUT2D eigenvalue weighted by molar-refractivity contribution is 5.76. The van der Waals surface area contributed by atoms with Crippen LogP contribution in [0.2, 0.25) is 0 Å². The first-order valence-corrected chi connectivity index (χ1v) is 5.32. The smallest absolute Gasteiger partial charge is 0.307 e. The van der Waals surface area contributed by atoms with Crippen LogP contribution in [-0.2, 0) is 11.2 Å². The SMILES string of the molecule is O=C(O)Cc1ccc(F)cc1-c1cccc(F)c1. The summed E-state index contributed by atoms with van der Waals surface area (Å²) >= 11 is 0. The number of carboxylic acids is 1. The average Bonchev–Trinajstić information content (AvgIpc) is 2.31. The molecule has 0 bridgehead atoms. The van der Waals surface area contributed by atoms with Crippen molar-refractivity contribution in [1.82, 2.24) is 0 Å². The van der Waals surface area contributed by atoms with E-state index in [1.807, 2.05) is 0 Å². The lowest BCUT2D eigenvalue weighted by Crippen LogP contribution is -2.02. The lowest BCUT2D eigenvalue weighted by atomic mass is 9.97. The molecule has 0 fully saturated rings. The van der Waals surface area contributed by atoms with Crippen molar-refractivity contribution in [1.29, 1.82) is 0 Å².